The van der Waals surface area contributed by atoms with Crippen LogP contribution >= 0.6 is 0 Å². The molecular weight excluding hydrogens is 376 g/mol. The van der Waals surface area contributed by atoms with Crippen LogP contribution in [0.3, 0.4) is 0 Å². The molecule has 0 radical (unpaired) electrons. The predicted octanol–water partition coefficient (Wildman–Crippen LogP) is 2.39. The zero-order valence-electron chi connectivity index (χ0n) is 16.9. The molecule has 1 heterocycles. The third-order valence-corrected chi connectivity index (χ3v) is 4.40. The number of aromatic amines is 1. The van der Waals surface area contributed by atoms with Crippen molar-refractivity contribution in [2.45, 2.75) is 27.2 Å². The highest BCUT2D eigenvalue weighted by molar-refractivity contribution is 6.04. The number of para-hydroxylation sites is 1. The molecule has 1 aromatic carbocycles. The lowest BCUT2D eigenvalue weighted by molar-refractivity contribution is -0.142. The molecule has 0 fully saturated rings. The summed E-state index contributed by atoms with van der Waals surface area (Å²) in [7, 11) is 1.47. The van der Waals surface area contributed by atoms with E-state index < -0.39 is 18.4 Å². The molecule has 154 valence electrons. The van der Waals surface area contributed by atoms with Crippen LogP contribution in [0.15, 0.2) is 24.3 Å². The summed E-state index contributed by atoms with van der Waals surface area (Å²) in [5.74, 6) is -1.13. The molecule has 0 aliphatic heterocycles. The number of hydrogen-bond donors (Lipinski definition) is 2. The van der Waals surface area contributed by atoms with Crippen molar-refractivity contribution < 1.29 is 28.7 Å². The van der Waals surface area contributed by atoms with Crippen molar-refractivity contribution in [1.29, 1.82) is 0 Å². The molecule has 0 saturated carbocycles. The number of carbonyl (C=O) groups excluding carboxylic acids is 4. The highest BCUT2D eigenvalue weighted by atomic mass is 16.5. The number of benzene rings is 1. The number of esters is 1. The van der Waals surface area contributed by atoms with Crippen molar-refractivity contribution in [1.82, 2.24) is 10.3 Å². The van der Waals surface area contributed by atoms with Crippen molar-refractivity contribution in [3.8, 4) is 5.75 Å². The fourth-order valence-electron chi connectivity index (χ4n) is 3.05. The SMILES string of the molecule is COc1ccccc1C(=O)NCCC(=O)OCC(=O)c1[nH]c(C)c(C(C)=O)c1C. The quantitative estimate of drug-likeness (QED) is 0.493. The molecular formula is C21H24N2O6. The van der Waals surface area contributed by atoms with Crippen LogP contribution in [0, 0.1) is 13.8 Å². The zero-order chi connectivity index (χ0) is 21.6. The fraction of sp³-hybridized carbons (Fsp3) is 0.333. The van der Waals surface area contributed by atoms with Crippen LogP contribution < -0.4 is 10.1 Å². The molecule has 2 aromatic rings. The normalized spacial score (nSPS) is 10.3. The Kier molecular flexibility index (Phi) is 7.30. The molecule has 0 atom stereocenters. The Bertz CT molecular complexity index is 945. The number of Topliss-reactive ketones (excluding diaryl/α,β-unsaturated/α-hetero) is 2. The second-order valence-electron chi connectivity index (χ2n) is 6.47. The number of amides is 1. The maximum Gasteiger partial charge on any atom is 0.308 e. The summed E-state index contributed by atoms with van der Waals surface area (Å²) < 4.78 is 10.1. The van der Waals surface area contributed by atoms with E-state index in [2.05, 4.69) is 10.3 Å². The number of H-pyrrole nitrogens is 1. The highest BCUT2D eigenvalue weighted by Crippen LogP contribution is 2.19. The standard InChI is InChI=1S/C21H24N2O6/c1-12-19(14(3)24)13(2)23-20(12)16(25)11-29-18(26)9-10-22-21(27)15-7-5-6-8-17(15)28-4/h5-8,23H,9-11H2,1-4H3,(H,22,27). The van der Waals surface area contributed by atoms with Crippen LogP contribution in [-0.2, 0) is 9.53 Å². The molecule has 2 N–H and O–H groups in total. The van der Waals surface area contributed by atoms with Crippen molar-refractivity contribution in [3.63, 3.8) is 0 Å². The molecule has 1 aromatic heterocycles. The molecule has 8 heteroatoms. The maximum absolute atomic E-state index is 12.3. The van der Waals surface area contributed by atoms with Crippen LogP contribution in [-0.4, -0.2) is 48.7 Å². The first-order chi connectivity index (χ1) is 13.8. The van der Waals surface area contributed by atoms with Gasteiger partial charge < -0.3 is 19.8 Å². The number of hydrogen-bond acceptors (Lipinski definition) is 6. The van der Waals surface area contributed by atoms with E-state index >= 15 is 0 Å². The number of methoxy groups -OCH3 is 1. The van der Waals surface area contributed by atoms with Crippen molar-refractivity contribution in [2.75, 3.05) is 20.3 Å². The van der Waals surface area contributed by atoms with Crippen LogP contribution in [0.2, 0.25) is 0 Å². The van der Waals surface area contributed by atoms with Crippen LogP contribution in [0.1, 0.15) is 55.8 Å². The Balaban J connectivity index is 1.83. The van der Waals surface area contributed by atoms with Gasteiger partial charge in [0.2, 0.25) is 5.78 Å². The van der Waals surface area contributed by atoms with E-state index in [1.807, 2.05) is 0 Å². The zero-order valence-corrected chi connectivity index (χ0v) is 16.9. The van der Waals surface area contributed by atoms with E-state index in [9.17, 15) is 19.2 Å². The molecule has 1 amide bonds. The van der Waals surface area contributed by atoms with Gasteiger partial charge in [-0.05, 0) is 38.5 Å². The summed E-state index contributed by atoms with van der Waals surface area (Å²) in [5.41, 5.74) is 2.23. The van der Waals surface area contributed by atoms with Crippen molar-refractivity contribution in [2.24, 2.45) is 0 Å². The first kappa shape index (κ1) is 21.9. The Morgan fingerprint density at radius 2 is 1.79 bits per heavy atom. The largest absolute Gasteiger partial charge is 0.496 e. The second kappa shape index (κ2) is 9.68. The first-order valence-corrected chi connectivity index (χ1v) is 9.06. The van der Waals surface area contributed by atoms with Crippen LogP contribution in [0.4, 0.5) is 0 Å². The summed E-state index contributed by atoms with van der Waals surface area (Å²) in [6.07, 6.45) is -0.0877. The smallest absolute Gasteiger partial charge is 0.308 e. The number of nitrogens with one attached hydrogen (secondary N) is 2. The molecule has 0 bridgehead atoms. The molecule has 8 nitrogen and oxygen atoms in total. The fourth-order valence-corrected chi connectivity index (χ4v) is 3.05. The topological polar surface area (TPSA) is 115 Å². The van der Waals surface area contributed by atoms with E-state index in [4.69, 9.17) is 9.47 Å². The Morgan fingerprint density at radius 3 is 2.41 bits per heavy atom. The number of aromatic nitrogens is 1. The lowest BCUT2D eigenvalue weighted by Gasteiger charge is -2.09. The lowest BCUT2D eigenvalue weighted by Crippen LogP contribution is -2.27. The average molecular weight is 400 g/mol. The maximum atomic E-state index is 12.3. The van der Waals surface area contributed by atoms with Crippen LogP contribution in [0.5, 0.6) is 5.75 Å². The number of carbonyl (C=O) groups is 4. The minimum absolute atomic E-state index is 0.0546. The molecule has 0 aliphatic rings. The van der Waals surface area contributed by atoms with Gasteiger partial charge in [0.1, 0.15) is 5.75 Å². The summed E-state index contributed by atoms with van der Waals surface area (Å²) in [6, 6.07) is 6.73. The Morgan fingerprint density at radius 1 is 1.10 bits per heavy atom. The average Bonchev–Trinajstić information content (AvgIpc) is 3.00. The van der Waals surface area contributed by atoms with Crippen LogP contribution in [0.25, 0.3) is 0 Å². The molecule has 0 unspecified atom stereocenters. The van der Waals surface area contributed by atoms with E-state index in [-0.39, 0.29) is 30.3 Å². The minimum Gasteiger partial charge on any atom is -0.496 e. The third-order valence-electron chi connectivity index (χ3n) is 4.40. The Labute approximate surface area is 168 Å². The summed E-state index contributed by atoms with van der Waals surface area (Å²) in [4.78, 5) is 50.8. The van der Waals surface area contributed by atoms with Gasteiger partial charge in [-0.1, -0.05) is 12.1 Å². The van der Waals surface area contributed by atoms with Gasteiger partial charge in [0.05, 0.1) is 24.8 Å². The van der Waals surface area contributed by atoms with Crippen molar-refractivity contribution in [3.05, 3.63) is 52.3 Å². The van der Waals surface area contributed by atoms with Gasteiger partial charge in [0, 0.05) is 17.8 Å². The summed E-state index contributed by atoms with van der Waals surface area (Å²) in [6.45, 7) is 4.41. The molecule has 0 saturated heterocycles. The summed E-state index contributed by atoms with van der Waals surface area (Å²) >= 11 is 0. The second-order valence-corrected chi connectivity index (χ2v) is 6.47. The van der Waals surface area contributed by atoms with E-state index in [0.29, 0.717) is 28.1 Å². The monoisotopic (exact) mass is 400 g/mol. The molecule has 0 aliphatic carbocycles. The van der Waals surface area contributed by atoms with Gasteiger partial charge in [0.25, 0.3) is 5.91 Å². The van der Waals surface area contributed by atoms with E-state index in [1.54, 1.807) is 38.1 Å². The summed E-state index contributed by atoms with van der Waals surface area (Å²) in [5, 5.41) is 2.61. The lowest BCUT2D eigenvalue weighted by atomic mass is 10.1. The third kappa shape index (κ3) is 5.31. The predicted molar refractivity (Wildman–Crippen MR) is 106 cm³/mol. The number of ketones is 2. The van der Waals surface area contributed by atoms with Gasteiger partial charge >= 0.3 is 5.97 Å². The van der Waals surface area contributed by atoms with Gasteiger partial charge in [-0.3, -0.25) is 19.2 Å². The minimum atomic E-state index is -0.619. The number of aryl methyl sites for hydroxylation is 1. The molecule has 0 spiro atoms. The van der Waals surface area contributed by atoms with E-state index in [1.165, 1.54) is 14.0 Å². The number of ether oxygens (including phenoxy) is 2. The molecule has 29 heavy (non-hydrogen) atoms. The highest BCUT2D eigenvalue weighted by Gasteiger charge is 2.20. The van der Waals surface area contributed by atoms with Crippen molar-refractivity contribution >= 4 is 23.4 Å². The van der Waals surface area contributed by atoms with Gasteiger partial charge in [-0.15, -0.1) is 0 Å². The van der Waals surface area contributed by atoms with E-state index in [0.717, 1.165) is 0 Å². The van der Waals surface area contributed by atoms with Gasteiger partial charge in [-0.25, -0.2) is 0 Å². The molecule has 2 rings (SSSR count). The van der Waals surface area contributed by atoms with Gasteiger partial charge in [-0.2, -0.15) is 0 Å². The Hall–Kier alpha value is -3.42. The number of rotatable bonds is 9. The first-order valence-electron chi connectivity index (χ1n) is 9.06. The van der Waals surface area contributed by atoms with Gasteiger partial charge in [0.15, 0.2) is 12.4 Å².